The van der Waals surface area contributed by atoms with E-state index in [1.807, 2.05) is 62.1 Å². The maximum atomic E-state index is 14.3. The molecular formula is C20H19FN3OS2+. The summed E-state index contributed by atoms with van der Waals surface area (Å²) < 4.78 is 19.6. The van der Waals surface area contributed by atoms with Gasteiger partial charge in [-0.25, -0.2) is 8.96 Å². The number of aryl methyl sites for hydroxylation is 1. The quantitative estimate of drug-likeness (QED) is 0.617. The van der Waals surface area contributed by atoms with Crippen molar-refractivity contribution < 1.29 is 8.96 Å². The van der Waals surface area contributed by atoms with Crippen molar-refractivity contribution in [2.24, 2.45) is 7.05 Å². The van der Waals surface area contributed by atoms with Crippen LogP contribution in [0, 0.1) is 5.82 Å². The molecule has 27 heavy (non-hydrogen) atoms. The molecule has 0 atom stereocenters. The number of rotatable bonds is 2. The summed E-state index contributed by atoms with van der Waals surface area (Å²) >= 11 is 2.90. The molecule has 7 heteroatoms. The average molecular weight is 401 g/mol. The van der Waals surface area contributed by atoms with Crippen LogP contribution in [0.5, 0.6) is 0 Å². The number of pyridine rings is 1. The standard InChI is InChI=1S/C20H19FN3OS2/c1-4-24-16(12-13-8-5-6-11-22(13)2)27-18(19(24)25)20-23(3)17-14(21)9-7-10-15(17)26-20/h5-12H,4H2,1-3H3/q+1/b20-18+. The lowest BCUT2D eigenvalue weighted by Crippen LogP contribution is -2.34. The van der Waals surface area contributed by atoms with Gasteiger partial charge in [-0.3, -0.25) is 9.36 Å². The summed E-state index contributed by atoms with van der Waals surface area (Å²) in [6, 6.07) is 11.0. The second-order valence-electron chi connectivity index (χ2n) is 6.25. The van der Waals surface area contributed by atoms with Gasteiger partial charge in [-0.15, -0.1) is 11.3 Å². The largest absolute Gasteiger partial charge is 0.334 e. The topological polar surface area (TPSA) is 29.1 Å². The normalized spacial score (nSPS) is 16.1. The average Bonchev–Trinajstić information content (AvgIpc) is 3.14. The van der Waals surface area contributed by atoms with E-state index in [1.54, 1.807) is 15.5 Å². The van der Waals surface area contributed by atoms with Crippen LogP contribution < -0.4 is 24.2 Å². The van der Waals surface area contributed by atoms with Crippen LogP contribution in [-0.4, -0.2) is 11.6 Å². The predicted molar refractivity (Wildman–Crippen MR) is 109 cm³/mol. The third-order valence-electron chi connectivity index (χ3n) is 4.59. The molecule has 4 nitrogen and oxygen atoms in total. The van der Waals surface area contributed by atoms with Crippen LogP contribution in [0.4, 0.5) is 10.1 Å². The molecule has 0 saturated carbocycles. The Labute approximate surface area is 164 Å². The highest BCUT2D eigenvalue weighted by Crippen LogP contribution is 2.46. The number of para-hydroxylation sites is 1. The monoisotopic (exact) mass is 400 g/mol. The zero-order valence-corrected chi connectivity index (χ0v) is 16.9. The Morgan fingerprint density at radius 3 is 2.74 bits per heavy atom. The summed E-state index contributed by atoms with van der Waals surface area (Å²) in [7, 11) is 3.79. The van der Waals surface area contributed by atoms with E-state index in [4.69, 9.17) is 0 Å². The zero-order chi connectivity index (χ0) is 19.1. The van der Waals surface area contributed by atoms with Crippen molar-refractivity contribution in [3.8, 4) is 0 Å². The Bertz CT molecular complexity index is 1210. The highest BCUT2D eigenvalue weighted by molar-refractivity contribution is 8.08. The third-order valence-corrected chi connectivity index (χ3v) is 7.05. The zero-order valence-electron chi connectivity index (χ0n) is 15.3. The molecule has 0 unspecified atom stereocenters. The van der Waals surface area contributed by atoms with Crippen LogP contribution in [0.1, 0.15) is 12.6 Å². The molecule has 3 heterocycles. The van der Waals surface area contributed by atoms with Crippen molar-refractivity contribution in [3.63, 3.8) is 0 Å². The minimum atomic E-state index is -0.270. The van der Waals surface area contributed by atoms with Gasteiger partial charge in [0.25, 0.3) is 5.56 Å². The lowest BCUT2D eigenvalue weighted by atomic mass is 10.3. The van der Waals surface area contributed by atoms with E-state index in [9.17, 15) is 9.18 Å². The van der Waals surface area contributed by atoms with E-state index < -0.39 is 0 Å². The Balaban J connectivity index is 1.96. The van der Waals surface area contributed by atoms with Gasteiger partial charge in [-0.1, -0.05) is 17.8 Å². The maximum absolute atomic E-state index is 14.3. The SMILES string of the molecule is CCn1c(=O)/c(=C2\Sc3cccc(F)c3N2C)s/c1=C\c1cccc[n+]1C. The minimum Gasteiger partial charge on any atom is -0.334 e. The Hall–Kier alpha value is -2.38. The second kappa shape index (κ2) is 6.98. The highest BCUT2D eigenvalue weighted by atomic mass is 32.2. The van der Waals surface area contributed by atoms with E-state index in [2.05, 4.69) is 0 Å². The molecule has 138 valence electrons. The summed E-state index contributed by atoms with van der Waals surface area (Å²) in [5.41, 5.74) is 1.52. The number of hydrogen-bond donors (Lipinski definition) is 0. The van der Waals surface area contributed by atoms with E-state index in [0.29, 0.717) is 16.8 Å². The molecule has 4 rings (SSSR count). The first-order valence-corrected chi connectivity index (χ1v) is 10.2. The first kappa shape index (κ1) is 18.0. The number of aromatic nitrogens is 2. The minimum absolute atomic E-state index is 0.0325. The number of thiazole rings is 1. The summed E-state index contributed by atoms with van der Waals surface area (Å²) in [6.45, 7) is 2.55. The van der Waals surface area contributed by atoms with Gasteiger partial charge < -0.3 is 4.90 Å². The molecular weight excluding hydrogens is 381 g/mol. The molecule has 1 aliphatic rings. The lowest BCUT2D eigenvalue weighted by Gasteiger charge is -2.12. The maximum Gasteiger partial charge on any atom is 0.271 e. The molecule has 0 radical (unpaired) electrons. The Morgan fingerprint density at radius 2 is 2.04 bits per heavy atom. The van der Waals surface area contributed by atoms with Crippen LogP contribution in [0.15, 0.2) is 52.3 Å². The molecule has 0 N–H and O–H groups in total. The summed E-state index contributed by atoms with van der Waals surface area (Å²) in [5, 5.41) is 0.782. The van der Waals surface area contributed by atoms with Crippen LogP contribution in [-0.2, 0) is 13.6 Å². The molecule has 0 spiro atoms. The molecule has 0 saturated heterocycles. The van der Waals surface area contributed by atoms with Gasteiger partial charge >= 0.3 is 0 Å². The van der Waals surface area contributed by atoms with Crippen molar-refractivity contribution >= 4 is 39.9 Å². The van der Waals surface area contributed by atoms with Crippen LogP contribution in [0.3, 0.4) is 0 Å². The fourth-order valence-electron chi connectivity index (χ4n) is 3.16. The van der Waals surface area contributed by atoms with Gasteiger partial charge in [0, 0.05) is 36.7 Å². The predicted octanol–water partition coefficient (Wildman–Crippen LogP) is 2.03. The molecule has 3 aromatic rings. The van der Waals surface area contributed by atoms with Crippen molar-refractivity contribution in [2.45, 2.75) is 18.4 Å². The van der Waals surface area contributed by atoms with E-state index in [1.165, 1.54) is 29.2 Å². The first-order chi connectivity index (χ1) is 13.0. The molecule has 0 aliphatic carbocycles. The summed E-state index contributed by atoms with van der Waals surface area (Å²) in [4.78, 5) is 15.7. The molecule has 1 aromatic carbocycles. The number of halogens is 1. The van der Waals surface area contributed by atoms with Crippen molar-refractivity contribution in [2.75, 3.05) is 11.9 Å². The molecule has 0 amide bonds. The Morgan fingerprint density at radius 1 is 1.22 bits per heavy atom. The van der Waals surface area contributed by atoms with Crippen LogP contribution in [0.25, 0.3) is 11.1 Å². The molecule has 0 bridgehead atoms. The van der Waals surface area contributed by atoms with Crippen LogP contribution in [0.2, 0.25) is 0 Å². The molecule has 0 fully saturated rings. The number of anilines is 1. The van der Waals surface area contributed by atoms with Gasteiger partial charge in [0.2, 0.25) is 5.69 Å². The van der Waals surface area contributed by atoms with Crippen molar-refractivity contribution in [1.29, 1.82) is 0 Å². The number of benzene rings is 1. The molecule has 2 aromatic heterocycles. The van der Waals surface area contributed by atoms with E-state index in [-0.39, 0.29) is 11.4 Å². The van der Waals surface area contributed by atoms with Crippen molar-refractivity contribution in [1.82, 2.24) is 4.57 Å². The van der Waals surface area contributed by atoms with E-state index >= 15 is 0 Å². The van der Waals surface area contributed by atoms with Gasteiger partial charge in [0.05, 0.1) is 5.69 Å². The molecule has 1 aliphatic heterocycles. The fraction of sp³-hybridized carbons (Fsp3) is 0.200. The van der Waals surface area contributed by atoms with Crippen LogP contribution >= 0.6 is 23.1 Å². The van der Waals surface area contributed by atoms with Gasteiger partial charge in [0.15, 0.2) is 6.20 Å². The smallest absolute Gasteiger partial charge is 0.271 e. The number of nitrogens with zero attached hydrogens (tertiary/aromatic N) is 3. The van der Waals surface area contributed by atoms with Gasteiger partial charge in [-0.05, 0) is 25.1 Å². The second-order valence-corrected chi connectivity index (χ2v) is 8.31. The van der Waals surface area contributed by atoms with Gasteiger partial charge in [0.1, 0.15) is 27.1 Å². The third kappa shape index (κ3) is 3.00. The Kier molecular flexibility index (Phi) is 4.65. The lowest BCUT2D eigenvalue weighted by molar-refractivity contribution is -0.673. The summed E-state index contributed by atoms with van der Waals surface area (Å²) in [6.07, 6.45) is 4.00. The number of hydrogen-bond acceptors (Lipinski definition) is 4. The number of thioether (sulfide) groups is 1. The summed E-state index contributed by atoms with van der Waals surface area (Å²) in [5.74, 6) is -0.270. The number of fused-ring (bicyclic) bond motifs is 1. The fourth-order valence-corrected chi connectivity index (χ4v) is 5.63. The van der Waals surface area contributed by atoms with Crippen molar-refractivity contribution in [3.05, 3.63) is 73.7 Å². The van der Waals surface area contributed by atoms with E-state index in [0.717, 1.165) is 20.3 Å². The first-order valence-electron chi connectivity index (χ1n) is 8.61. The van der Waals surface area contributed by atoms with Gasteiger partial charge in [-0.2, -0.15) is 0 Å². The highest BCUT2D eigenvalue weighted by Gasteiger charge is 2.27.